The molecule has 1 saturated heterocycles. The van der Waals surface area contributed by atoms with Crippen LogP contribution in [0.3, 0.4) is 0 Å². The molecule has 0 aromatic heterocycles. The summed E-state index contributed by atoms with van der Waals surface area (Å²) >= 11 is 2.88. The van der Waals surface area contributed by atoms with E-state index in [0.717, 1.165) is 17.0 Å². The summed E-state index contributed by atoms with van der Waals surface area (Å²) in [6, 6.07) is 1.07. The lowest BCUT2D eigenvalue weighted by Gasteiger charge is -2.38. The maximum atomic E-state index is 14.0. The number of nitrogens with zero attached hydrogens (tertiary/aromatic N) is 1. The highest BCUT2D eigenvalue weighted by Crippen LogP contribution is 2.30. The molecular weight excluding hydrogens is 346 g/mol. The molecule has 0 aliphatic carbocycles. The van der Waals surface area contributed by atoms with Gasteiger partial charge in [0.15, 0.2) is 0 Å². The highest BCUT2D eigenvalue weighted by Gasteiger charge is 2.41. The van der Waals surface area contributed by atoms with Crippen molar-refractivity contribution in [2.45, 2.75) is 26.8 Å². The van der Waals surface area contributed by atoms with Crippen LogP contribution < -0.4 is 10.2 Å². The lowest BCUT2D eigenvalue weighted by molar-refractivity contribution is -0.133. The number of benzene rings is 1. The standard InChI is InChI=1S/C14H15BrF2N2O2/c1-14(2,3)12-13(21)19(6-11(20)18-12)10-5-8(16)7(15)4-9(10)17/h4-5,12H,6H2,1-3H3,(H,18,20). The van der Waals surface area contributed by atoms with Crippen LogP contribution in [0.4, 0.5) is 14.5 Å². The fraction of sp³-hybridized carbons (Fsp3) is 0.429. The highest BCUT2D eigenvalue weighted by atomic mass is 79.9. The van der Waals surface area contributed by atoms with Crippen molar-refractivity contribution in [1.29, 1.82) is 0 Å². The molecule has 1 fully saturated rings. The normalized spacial score (nSPS) is 19.7. The van der Waals surface area contributed by atoms with Gasteiger partial charge in [-0.15, -0.1) is 0 Å². The van der Waals surface area contributed by atoms with Gasteiger partial charge in [-0.05, 0) is 27.4 Å². The molecule has 0 radical (unpaired) electrons. The second-order valence-electron chi connectivity index (χ2n) is 6.01. The molecular formula is C14H15BrF2N2O2. The lowest BCUT2D eigenvalue weighted by atomic mass is 9.84. The van der Waals surface area contributed by atoms with Gasteiger partial charge in [0.05, 0.1) is 10.2 Å². The summed E-state index contributed by atoms with van der Waals surface area (Å²) in [5, 5.41) is 2.60. The van der Waals surface area contributed by atoms with Crippen LogP contribution >= 0.6 is 15.9 Å². The molecule has 1 aliphatic heterocycles. The van der Waals surface area contributed by atoms with Crippen LogP contribution in [-0.2, 0) is 9.59 Å². The van der Waals surface area contributed by atoms with E-state index in [1.807, 2.05) is 0 Å². The number of hydrogen-bond acceptors (Lipinski definition) is 2. The van der Waals surface area contributed by atoms with E-state index in [0.29, 0.717) is 0 Å². The number of piperazine rings is 1. The molecule has 114 valence electrons. The average molecular weight is 361 g/mol. The van der Waals surface area contributed by atoms with E-state index in [-0.39, 0.29) is 16.7 Å². The van der Waals surface area contributed by atoms with Crippen molar-refractivity contribution in [1.82, 2.24) is 5.32 Å². The molecule has 1 unspecified atom stereocenters. The first-order valence-electron chi connectivity index (χ1n) is 6.36. The fourth-order valence-electron chi connectivity index (χ4n) is 2.16. The first kappa shape index (κ1) is 15.9. The lowest BCUT2D eigenvalue weighted by Crippen LogP contribution is -2.62. The van der Waals surface area contributed by atoms with Crippen molar-refractivity contribution < 1.29 is 18.4 Å². The van der Waals surface area contributed by atoms with Crippen molar-refractivity contribution in [2.75, 3.05) is 11.4 Å². The molecule has 0 spiro atoms. The van der Waals surface area contributed by atoms with E-state index in [1.54, 1.807) is 20.8 Å². The van der Waals surface area contributed by atoms with E-state index < -0.39 is 34.9 Å². The highest BCUT2D eigenvalue weighted by molar-refractivity contribution is 9.10. The molecule has 2 rings (SSSR count). The minimum atomic E-state index is -0.787. The average Bonchev–Trinajstić information content (AvgIpc) is 2.35. The molecule has 1 aromatic rings. The Morgan fingerprint density at radius 2 is 1.86 bits per heavy atom. The number of halogens is 3. The number of anilines is 1. The molecule has 1 aliphatic rings. The Morgan fingerprint density at radius 1 is 1.24 bits per heavy atom. The van der Waals surface area contributed by atoms with Gasteiger partial charge in [-0.1, -0.05) is 20.8 Å². The van der Waals surface area contributed by atoms with Crippen LogP contribution in [-0.4, -0.2) is 24.4 Å². The second-order valence-corrected chi connectivity index (χ2v) is 6.86. The zero-order chi connectivity index (χ0) is 15.9. The summed E-state index contributed by atoms with van der Waals surface area (Å²) in [6.45, 7) is 5.04. The van der Waals surface area contributed by atoms with E-state index in [9.17, 15) is 18.4 Å². The van der Waals surface area contributed by atoms with Crippen molar-refractivity contribution in [2.24, 2.45) is 5.41 Å². The predicted octanol–water partition coefficient (Wildman–Crippen LogP) is 2.60. The SMILES string of the molecule is CC(C)(C)C1NC(=O)CN(c2cc(F)c(Br)cc2F)C1=O. The Hall–Kier alpha value is -1.50. The minimum Gasteiger partial charge on any atom is -0.342 e. The maximum Gasteiger partial charge on any atom is 0.250 e. The van der Waals surface area contributed by atoms with Gasteiger partial charge < -0.3 is 5.32 Å². The zero-order valence-corrected chi connectivity index (χ0v) is 13.4. The third-order valence-corrected chi connectivity index (χ3v) is 3.87. The number of nitrogens with one attached hydrogen (secondary N) is 1. The molecule has 1 atom stereocenters. The van der Waals surface area contributed by atoms with Crippen molar-refractivity contribution in [3.05, 3.63) is 28.2 Å². The fourth-order valence-corrected chi connectivity index (χ4v) is 2.47. The molecule has 1 heterocycles. The van der Waals surface area contributed by atoms with E-state index >= 15 is 0 Å². The van der Waals surface area contributed by atoms with E-state index in [2.05, 4.69) is 21.2 Å². The van der Waals surface area contributed by atoms with Gasteiger partial charge in [0, 0.05) is 6.07 Å². The van der Waals surface area contributed by atoms with Gasteiger partial charge in [-0.3, -0.25) is 14.5 Å². The molecule has 1 aromatic carbocycles. The Bertz CT molecular complexity index is 614. The summed E-state index contributed by atoms with van der Waals surface area (Å²) in [6.07, 6.45) is 0. The van der Waals surface area contributed by atoms with Crippen molar-refractivity contribution >= 4 is 33.4 Å². The Balaban J connectivity index is 2.45. The van der Waals surface area contributed by atoms with Crippen molar-refractivity contribution in [3.63, 3.8) is 0 Å². The third-order valence-electron chi connectivity index (χ3n) is 3.27. The number of rotatable bonds is 1. The molecule has 0 saturated carbocycles. The Kier molecular flexibility index (Phi) is 4.06. The molecule has 4 nitrogen and oxygen atoms in total. The number of hydrogen-bond donors (Lipinski definition) is 1. The topological polar surface area (TPSA) is 49.4 Å². The minimum absolute atomic E-state index is 0.0370. The summed E-state index contributed by atoms with van der Waals surface area (Å²) in [5.41, 5.74) is -0.764. The molecule has 2 amide bonds. The Morgan fingerprint density at radius 3 is 2.43 bits per heavy atom. The summed E-state index contributed by atoms with van der Waals surface area (Å²) < 4.78 is 27.6. The molecule has 0 bridgehead atoms. The first-order chi connectivity index (χ1) is 9.61. The molecule has 7 heteroatoms. The van der Waals surface area contributed by atoms with Crippen LogP contribution in [0, 0.1) is 17.0 Å². The maximum absolute atomic E-state index is 14.0. The third kappa shape index (κ3) is 3.07. The van der Waals surface area contributed by atoms with E-state index in [4.69, 9.17) is 0 Å². The largest absolute Gasteiger partial charge is 0.342 e. The van der Waals surface area contributed by atoms with Gasteiger partial charge >= 0.3 is 0 Å². The van der Waals surface area contributed by atoms with Gasteiger partial charge in [0.25, 0.3) is 5.91 Å². The van der Waals surface area contributed by atoms with Gasteiger partial charge in [-0.2, -0.15) is 0 Å². The van der Waals surface area contributed by atoms with Crippen LogP contribution in [0.25, 0.3) is 0 Å². The number of carbonyl (C=O) groups excluding carboxylic acids is 2. The number of amides is 2. The smallest absolute Gasteiger partial charge is 0.250 e. The molecule has 1 N–H and O–H groups in total. The zero-order valence-electron chi connectivity index (χ0n) is 11.8. The van der Waals surface area contributed by atoms with Crippen LogP contribution in [0.2, 0.25) is 0 Å². The van der Waals surface area contributed by atoms with Gasteiger partial charge in [-0.25, -0.2) is 8.78 Å². The summed E-state index contributed by atoms with van der Waals surface area (Å²) in [7, 11) is 0. The van der Waals surface area contributed by atoms with Crippen molar-refractivity contribution in [3.8, 4) is 0 Å². The number of carbonyl (C=O) groups is 2. The first-order valence-corrected chi connectivity index (χ1v) is 7.16. The van der Waals surface area contributed by atoms with E-state index in [1.165, 1.54) is 0 Å². The van der Waals surface area contributed by atoms with Gasteiger partial charge in [0.2, 0.25) is 5.91 Å². The predicted molar refractivity (Wildman–Crippen MR) is 77.8 cm³/mol. The van der Waals surface area contributed by atoms with Crippen LogP contribution in [0.1, 0.15) is 20.8 Å². The van der Waals surface area contributed by atoms with Crippen LogP contribution in [0.15, 0.2) is 16.6 Å². The summed E-state index contributed by atoms with van der Waals surface area (Å²) in [4.78, 5) is 25.2. The monoisotopic (exact) mass is 360 g/mol. The van der Waals surface area contributed by atoms with Crippen LogP contribution in [0.5, 0.6) is 0 Å². The molecule has 21 heavy (non-hydrogen) atoms. The second kappa shape index (κ2) is 5.36. The summed E-state index contributed by atoms with van der Waals surface area (Å²) in [5.74, 6) is -2.32. The van der Waals surface area contributed by atoms with Gasteiger partial charge in [0.1, 0.15) is 24.2 Å². The Labute approximate surface area is 129 Å². The quantitative estimate of drug-likeness (QED) is 0.782.